The minimum Gasteiger partial charge on any atom is -0.443 e. The Morgan fingerprint density at radius 1 is 1.03 bits per heavy atom. The third-order valence-electron chi connectivity index (χ3n) is 4.83. The topological polar surface area (TPSA) is 127 Å². The Morgan fingerprint density at radius 2 is 1.68 bits per heavy atom. The number of aryl methyl sites for hydroxylation is 2. The highest BCUT2D eigenvalue weighted by atomic mass is 19.2. The summed E-state index contributed by atoms with van der Waals surface area (Å²) in [6.07, 6.45) is -0.848. The zero-order valence-electron chi connectivity index (χ0n) is 20.7. The van der Waals surface area contributed by atoms with Gasteiger partial charge in [-0.1, -0.05) is 6.07 Å². The van der Waals surface area contributed by atoms with Crippen LogP contribution in [-0.2, 0) is 11.3 Å². The van der Waals surface area contributed by atoms with E-state index in [1.54, 1.807) is 33.8 Å². The minimum atomic E-state index is -1.60. The lowest BCUT2D eigenvalue weighted by Crippen LogP contribution is -2.44. The monoisotopic (exact) mass is 518 g/mol. The van der Waals surface area contributed by atoms with E-state index in [1.807, 2.05) is 0 Å². The molecule has 0 atom stereocenters. The summed E-state index contributed by atoms with van der Waals surface area (Å²) < 4.78 is 47.0. The maximum absolute atomic E-state index is 13.7. The van der Waals surface area contributed by atoms with E-state index in [4.69, 9.17) is 4.74 Å². The second kappa shape index (κ2) is 10.7. The largest absolute Gasteiger partial charge is 0.443 e. The third-order valence-corrected chi connectivity index (χ3v) is 4.83. The van der Waals surface area contributed by atoms with Gasteiger partial charge in [0.05, 0.1) is 6.54 Å². The average Bonchev–Trinajstić information content (AvgIpc) is 2.79. The minimum absolute atomic E-state index is 0.0201. The highest BCUT2D eigenvalue weighted by molar-refractivity contribution is 5.96. The lowest BCUT2D eigenvalue weighted by molar-refractivity contribution is 0.0483. The van der Waals surface area contributed by atoms with Crippen LogP contribution in [0.3, 0.4) is 0 Å². The van der Waals surface area contributed by atoms with Gasteiger partial charge in [-0.15, -0.1) is 0 Å². The second-order valence-corrected chi connectivity index (χ2v) is 9.09. The van der Waals surface area contributed by atoms with Crippen LogP contribution in [0.25, 0.3) is 0 Å². The lowest BCUT2D eigenvalue weighted by atomic mass is 10.1. The van der Waals surface area contributed by atoms with Crippen molar-refractivity contribution in [3.05, 3.63) is 80.5 Å². The van der Waals surface area contributed by atoms with Gasteiger partial charge < -0.3 is 10.1 Å². The summed E-state index contributed by atoms with van der Waals surface area (Å²) in [5, 5.41) is 7.01. The van der Waals surface area contributed by atoms with Crippen molar-refractivity contribution < 1.29 is 27.5 Å². The summed E-state index contributed by atoms with van der Waals surface area (Å²) in [4.78, 5) is 40.4. The number of amides is 2. The van der Waals surface area contributed by atoms with Crippen LogP contribution in [0.15, 0.2) is 35.1 Å². The highest BCUT2D eigenvalue weighted by Crippen LogP contribution is 2.22. The second-order valence-electron chi connectivity index (χ2n) is 9.09. The number of nitrogens with zero attached hydrogens (tertiary/aromatic N) is 3. The summed E-state index contributed by atoms with van der Waals surface area (Å²) in [7, 11) is 0. The molecule has 0 radical (unpaired) electrons. The number of hydrogen-bond acceptors (Lipinski definition) is 7. The molecule has 0 saturated carbocycles. The predicted octanol–water partition coefficient (Wildman–Crippen LogP) is 3.63. The molecule has 0 spiro atoms. The number of hydrazine groups is 1. The van der Waals surface area contributed by atoms with Gasteiger partial charge in [-0.25, -0.2) is 28.1 Å². The van der Waals surface area contributed by atoms with Crippen LogP contribution in [0.4, 0.5) is 29.6 Å². The van der Waals surface area contributed by atoms with Crippen molar-refractivity contribution >= 4 is 23.6 Å². The Kier molecular flexibility index (Phi) is 7.84. The molecule has 196 valence electrons. The fourth-order valence-electron chi connectivity index (χ4n) is 3.08. The van der Waals surface area contributed by atoms with E-state index in [0.29, 0.717) is 11.3 Å². The number of ether oxygens (including phenoxy) is 1. The van der Waals surface area contributed by atoms with E-state index in [1.165, 1.54) is 23.7 Å². The number of hydrogen-bond donors (Lipinski definition) is 3. The SMILES string of the molecule is Cc1ccc(C(=O)NNC(=O)OC(C)(C)C)cc1Nc1nc(=O)c(C)nn1Cc1cc(F)c(F)c(F)c1. The molecule has 2 amide bonds. The molecular weight excluding hydrogens is 493 g/mol. The number of carbonyl (C=O) groups is 2. The molecule has 0 unspecified atom stereocenters. The highest BCUT2D eigenvalue weighted by Gasteiger charge is 2.18. The van der Waals surface area contributed by atoms with Crippen molar-refractivity contribution in [2.24, 2.45) is 0 Å². The molecule has 0 bridgehead atoms. The fraction of sp³-hybridized carbons (Fsp3) is 0.292. The number of rotatable bonds is 5. The number of carbonyl (C=O) groups excluding carboxylic acids is 2. The average molecular weight is 518 g/mol. The Balaban J connectivity index is 1.86. The molecule has 2 aromatic carbocycles. The van der Waals surface area contributed by atoms with Gasteiger partial charge in [0.2, 0.25) is 5.95 Å². The van der Waals surface area contributed by atoms with Crippen molar-refractivity contribution in [3.63, 3.8) is 0 Å². The molecule has 1 aromatic heterocycles. The normalized spacial score (nSPS) is 11.1. The number of halogens is 3. The molecule has 3 rings (SSSR count). The summed E-state index contributed by atoms with van der Waals surface area (Å²) in [6, 6.07) is 6.18. The van der Waals surface area contributed by atoms with Crippen molar-refractivity contribution in [3.8, 4) is 0 Å². The Hall–Kier alpha value is -4.42. The van der Waals surface area contributed by atoms with Crippen molar-refractivity contribution in [1.82, 2.24) is 25.6 Å². The zero-order valence-corrected chi connectivity index (χ0v) is 20.7. The van der Waals surface area contributed by atoms with Crippen LogP contribution in [0.5, 0.6) is 0 Å². The molecule has 37 heavy (non-hydrogen) atoms. The number of aromatic nitrogens is 3. The van der Waals surface area contributed by atoms with Crippen LogP contribution in [0, 0.1) is 31.3 Å². The Bertz CT molecular complexity index is 1400. The Labute approximate surface area is 209 Å². The molecule has 1 heterocycles. The first-order valence-corrected chi connectivity index (χ1v) is 11.0. The van der Waals surface area contributed by atoms with Crippen LogP contribution in [0.1, 0.15) is 48.0 Å². The fourth-order valence-corrected chi connectivity index (χ4v) is 3.08. The lowest BCUT2D eigenvalue weighted by Gasteiger charge is -2.20. The number of nitrogens with one attached hydrogen (secondary N) is 3. The van der Waals surface area contributed by atoms with Gasteiger partial charge in [0.15, 0.2) is 17.5 Å². The summed E-state index contributed by atoms with van der Waals surface area (Å²) in [6.45, 7) is 7.89. The van der Waals surface area contributed by atoms with Gasteiger partial charge in [0, 0.05) is 11.3 Å². The molecule has 13 heteroatoms. The first-order valence-electron chi connectivity index (χ1n) is 11.0. The van der Waals surface area contributed by atoms with Gasteiger partial charge in [-0.05, 0) is 70.0 Å². The molecule has 0 aliphatic heterocycles. The van der Waals surface area contributed by atoms with Gasteiger partial charge >= 0.3 is 6.09 Å². The Morgan fingerprint density at radius 3 is 2.30 bits per heavy atom. The predicted molar refractivity (Wildman–Crippen MR) is 128 cm³/mol. The molecule has 0 aliphatic carbocycles. The zero-order chi connectivity index (χ0) is 27.5. The van der Waals surface area contributed by atoms with Crippen LogP contribution < -0.4 is 21.7 Å². The smallest absolute Gasteiger partial charge is 0.426 e. The molecule has 0 saturated heterocycles. The van der Waals surface area contributed by atoms with Gasteiger partial charge in [0.25, 0.3) is 11.5 Å². The van der Waals surface area contributed by atoms with Crippen LogP contribution in [-0.4, -0.2) is 32.4 Å². The van der Waals surface area contributed by atoms with E-state index in [0.717, 1.165) is 12.1 Å². The van der Waals surface area contributed by atoms with Crippen molar-refractivity contribution in [2.75, 3.05) is 5.32 Å². The molecule has 10 nitrogen and oxygen atoms in total. The van der Waals surface area contributed by atoms with Crippen LogP contribution in [0.2, 0.25) is 0 Å². The van der Waals surface area contributed by atoms with Gasteiger partial charge in [-0.2, -0.15) is 10.1 Å². The molecular formula is C24H25F3N6O4. The molecule has 0 aliphatic rings. The van der Waals surface area contributed by atoms with E-state index >= 15 is 0 Å². The first-order chi connectivity index (χ1) is 17.2. The summed E-state index contributed by atoms with van der Waals surface area (Å²) in [5.74, 6) is -5.09. The van der Waals surface area contributed by atoms with Gasteiger partial charge in [0.1, 0.15) is 11.3 Å². The van der Waals surface area contributed by atoms with Gasteiger partial charge in [-0.3, -0.25) is 15.0 Å². The third kappa shape index (κ3) is 7.06. The van der Waals surface area contributed by atoms with E-state index in [9.17, 15) is 27.6 Å². The molecule has 3 N–H and O–H groups in total. The van der Waals surface area contributed by atoms with Crippen molar-refractivity contribution in [1.29, 1.82) is 0 Å². The summed E-state index contributed by atoms with van der Waals surface area (Å²) in [5.41, 5.74) is 4.17. The first kappa shape index (κ1) is 27.2. The standard InChI is InChI=1S/C24H25F3N6O4/c1-12-6-7-15(21(35)30-31-23(36)37-24(3,4)5)10-18(12)28-22-29-20(34)13(2)32-33(22)11-14-8-16(25)19(27)17(26)9-14/h6-10H,11H2,1-5H3,(H,30,35)(H,31,36)(H,28,29,34). The quantitative estimate of drug-likeness (QED) is 0.348. The summed E-state index contributed by atoms with van der Waals surface area (Å²) >= 11 is 0. The molecule has 0 fully saturated rings. The van der Waals surface area contributed by atoms with E-state index in [-0.39, 0.29) is 29.3 Å². The maximum atomic E-state index is 13.7. The van der Waals surface area contributed by atoms with Crippen LogP contribution >= 0.6 is 0 Å². The molecule has 3 aromatic rings. The number of anilines is 2. The van der Waals surface area contributed by atoms with E-state index < -0.39 is 40.6 Å². The van der Waals surface area contributed by atoms with E-state index in [2.05, 4.69) is 26.3 Å². The maximum Gasteiger partial charge on any atom is 0.426 e. The number of benzene rings is 2. The van der Waals surface area contributed by atoms with Crippen molar-refractivity contribution in [2.45, 2.75) is 46.8 Å².